The Morgan fingerprint density at radius 2 is 1.66 bits per heavy atom. The van der Waals surface area contributed by atoms with Gasteiger partial charge in [-0.05, 0) is 48.9 Å². The average molecular weight is 389 g/mol. The van der Waals surface area contributed by atoms with Crippen molar-refractivity contribution in [1.29, 1.82) is 5.41 Å². The number of ether oxygens (including phenoxy) is 2. The molecule has 6 heteroatoms. The Labute approximate surface area is 169 Å². The number of amidine groups is 1. The van der Waals surface area contributed by atoms with E-state index in [-0.39, 0.29) is 11.7 Å². The number of amides is 1. The topological polar surface area (TPSA) is 97.4 Å². The van der Waals surface area contributed by atoms with Crippen LogP contribution in [0.25, 0.3) is 0 Å². The molecule has 0 saturated heterocycles. The van der Waals surface area contributed by atoms with Gasteiger partial charge in [0.05, 0.1) is 6.04 Å². The molecule has 3 aromatic rings. The maximum Gasteiger partial charge on any atom is 0.251 e. The zero-order chi connectivity index (χ0) is 20.6. The summed E-state index contributed by atoms with van der Waals surface area (Å²) in [4.78, 5) is 12.1. The molecule has 29 heavy (non-hydrogen) atoms. The number of rotatable bonds is 8. The normalized spacial score (nSPS) is 11.3. The fraction of sp³-hybridized carbons (Fsp3) is 0.130. The van der Waals surface area contributed by atoms with Gasteiger partial charge in [0.2, 0.25) is 0 Å². The second kappa shape index (κ2) is 9.41. The standard InChI is InChI=1S/C23H23N3O3/c1-16(22(24)25)26-23(27)18-10-12-19(13-11-18)29-21-9-5-8-20(14-21)28-15-17-6-3-2-4-7-17/h2-14,16H,15H2,1H3,(H3,24,25)(H,26,27)/t16-/m0/s1. The van der Waals surface area contributed by atoms with Gasteiger partial charge in [0, 0.05) is 11.6 Å². The van der Waals surface area contributed by atoms with Gasteiger partial charge in [0.15, 0.2) is 0 Å². The molecule has 0 heterocycles. The zero-order valence-electron chi connectivity index (χ0n) is 16.1. The molecule has 0 radical (unpaired) electrons. The maximum atomic E-state index is 12.1. The lowest BCUT2D eigenvalue weighted by Crippen LogP contribution is -2.41. The largest absolute Gasteiger partial charge is 0.489 e. The number of hydrogen-bond acceptors (Lipinski definition) is 4. The van der Waals surface area contributed by atoms with Crippen LogP contribution < -0.4 is 20.5 Å². The molecular formula is C23H23N3O3. The molecule has 0 aliphatic carbocycles. The zero-order valence-corrected chi connectivity index (χ0v) is 16.1. The molecule has 0 saturated carbocycles. The van der Waals surface area contributed by atoms with Crippen molar-refractivity contribution >= 4 is 11.7 Å². The van der Waals surface area contributed by atoms with Gasteiger partial charge in [-0.15, -0.1) is 0 Å². The van der Waals surface area contributed by atoms with Crippen molar-refractivity contribution in [2.24, 2.45) is 5.73 Å². The number of benzene rings is 3. The van der Waals surface area contributed by atoms with Crippen molar-refractivity contribution in [1.82, 2.24) is 5.32 Å². The van der Waals surface area contributed by atoms with Crippen molar-refractivity contribution in [3.63, 3.8) is 0 Å². The van der Waals surface area contributed by atoms with Crippen LogP contribution in [-0.4, -0.2) is 17.8 Å². The Bertz CT molecular complexity index is 972. The third-order valence-electron chi connectivity index (χ3n) is 4.22. The van der Waals surface area contributed by atoms with Gasteiger partial charge < -0.3 is 20.5 Å². The van der Waals surface area contributed by atoms with Gasteiger partial charge in [-0.2, -0.15) is 0 Å². The van der Waals surface area contributed by atoms with Gasteiger partial charge in [-0.3, -0.25) is 10.2 Å². The van der Waals surface area contributed by atoms with Crippen LogP contribution in [0.4, 0.5) is 0 Å². The first-order valence-corrected chi connectivity index (χ1v) is 9.21. The van der Waals surface area contributed by atoms with Crippen molar-refractivity contribution in [3.8, 4) is 17.2 Å². The summed E-state index contributed by atoms with van der Waals surface area (Å²) in [5.74, 6) is 1.56. The van der Waals surface area contributed by atoms with E-state index in [1.54, 1.807) is 31.2 Å². The highest BCUT2D eigenvalue weighted by atomic mass is 16.5. The van der Waals surface area contributed by atoms with Gasteiger partial charge in [-0.1, -0.05) is 36.4 Å². The van der Waals surface area contributed by atoms with Crippen molar-refractivity contribution in [2.45, 2.75) is 19.6 Å². The summed E-state index contributed by atoms with van der Waals surface area (Å²) in [7, 11) is 0. The number of carbonyl (C=O) groups excluding carboxylic acids is 1. The van der Waals surface area contributed by atoms with Crippen LogP contribution in [-0.2, 0) is 6.61 Å². The third-order valence-corrected chi connectivity index (χ3v) is 4.22. The second-order valence-corrected chi connectivity index (χ2v) is 6.53. The van der Waals surface area contributed by atoms with E-state index in [1.165, 1.54) is 0 Å². The SMILES string of the molecule is C[C@H](NC(=O)c1ccc(Oc2cccc(OCc3ccccc3)c2)cc1)C(=N)N. The van der Waals surface area contributed by atoms with Crippen LogP contribution >= 0.6 is 0 Å². The van der Waals surface area contributed by atoms with E-state index < -0.39 is 6.04 Å². The van der Waals surface area contributed by atoms with E-state index >= 15 is 0 Å². The molecule has 4 N–H and O–H groups in total. The first kappa shape index (κ1) is 19.9. The first-order valence-electron chi connectivity index (χ1n) is 9.21. The molecule has 1 atom stereocenters. The van der Waals surface area contributed by atoms with E-state index in [9.17, 15) is 4.79 Å². The van der Waals surface area contributed by atoms with Crippen LogP contribution in [0, 0.1) is 5.41 Å². The molecule has 148 valence electrons. The van der Waals surface area contributed by atoms with E-state index in [1.807, 2.05) is 54.6 Å². The van der Waals surface area contributed by atoms with Crippen molar-refractivity contribution < 1.29 is 14.3 Å². The van der Waals surface area contributed by atoms with Crippen molar-refractivity contribution in [3.05, 3.63) is 90.0 Å². The predicted molar refractivity (Wildman–Crippen MR) is 113 cm³/mol. The molecule has 0 unspecified atom stereocenters. The maximum absolute atomic E-state index is 12.1. The number of carbonyl (C=O) groups is 1. The molecule has 3 rings (SSSR count). The fourth-order valence-corrected chi connectivity index (χ4v) is 2.54. The van der Waals surface area contributed by atoms with E-state index in [0.29, 0.717) is 29.4 Å². The molecule has 0 fully saturated rings. The third kappa shape index (κ3) is 5.84. The van der Waals surface area contributed by atoms with Crippen LogP contribution in [0.3, 0.4) is 0 Å². The Hall–Kier alpha value is -3.80. The highest BCUT2D eigenvalue weighted by molar-refractivity contribution is 5.97. The van der Waals surface area contributed by atoms with E-state index in [2.05, 4.69) is 5.32 Å². The molecular weight excluding hydrogens is 366 g/mol. The first-order chi connectivity index (χ1) is 14.0. The summed E-state index contributed by atoms with van der Waals surface area (Å²) in [6.07, 6.45) is 0. The van der Waals surface area contributed by atoms with Gasteiger partial charge in [0.25, 0.3) is 5.91 Å². The number of hydrogen-bond donors (Lipinski definition) is 3. The lowest BCUT2D eigenvalue weighted by Gasteiger charge is -2.12. The van der Waals surface area contributed by atoms with Crippen LogP contribution in [0.5, 0.6) is 17.2 Å². The summed E-state index contributed by atoms with van der Waals surface area (Å²) in [6.45, 7) is 2.14. The van der Waals surface area contributed by atoms with Gasteiger partial charge in [0.1, 0.15) is 29.7 Å². The quantitative estimate of drug-likeness (QED) is 0.399. The Balaban J connectivity index is 1.60. The molecule has 0 aromatic heterocycles. The predicted octanol–water partition coefficient (Wildman–Crippen LogP) is 4.11. The Morgan fingerprint density at radius 1 is 0.966 bits per heavy atom. The van der Waals surface area contributed by atoms with E-state index in [4.69, 9.17) is 20.6 Å². The molecule has 1 amide bonds. The number of nitrogens with two attached hydrogens (primary N) is 1. The summed E-state index contributed by atoms with van der Waals surface area (Å²) < 4.78 is 11.7. The van der Waals surface area contributed by atoms with Crippen LogP contribution in [0.2, 0.25) is 0 Å². The fourth-order valence-electron chi connectivity index (χ4n) is 2.54. The summed E-state index contributed by atoms with van der Waals surface area (Å²) in [5, 5.41) is 10.00. The molecule has 0 aliphatic heterocycles. The smallest absolute Gasteiger partial charge is 0.251 e. The van der Waals surface area contributed by atoms with Gasteiger partial charge in [-0.25, -0.2) is 0 Å². The minimum atomic E-state index is -0.517. The summed E-state index contributed by atoms with van der Waals surface area (Å²) in [6, 6.07) is 23.6. The average Bonchev–Trinajstić information content (AvgIpc) is 2.73. The Morgan fingerprint density at radius 3 is 2.34 bits per heavy atom. The van der Waals surface area contributed by atoms with Gasteiger partial charge >= 0.3 is 0 Å². The second-order valence-electron chi connectivity index (χ2n) is 6.53. The molecule has 3 aromatic carbocycles. The van der Waals surface area contributed by atoms with E-state index in [0.717, 1.165) is 5.56 Å². The van der Waals surface area contributed by atoms with Crippen molar-refractivity contribution in [2.75, 3.05) is 0 Å². The summed E-state index contributed by atoms with van der Waals surface area (Å²) >= 11 is 0. The lowest BCUT2D eigenvalue weighted by molar-refractivity contribution is 0.0949. The molecule has 0 spiro atoms. The Kier molecular flexibility index (Phi) is 6.47. The summed E-state index contributed by atoms with van der Waals surface area (Å²) in [5.41, 5.74) is 6.93. The highest BCUT2D eigenvalue weighted by Crippen LogP contribution is 2.26. The monoisotopic (exact) mass is 389 g/mol. The highest BCUT2D eigenvalue weighted by Gasteiger charge is 2.11. The lowest BCUT2D eigenvalue weighted by atomic mass is 10.2. The van der Waals surface area contributed by atoms with Crippen LogP contribution in [0.1, 0.15) is 22.8 Å². The minimum Gasteiger partial charge on any atom is -0.489 e. The molecule has 6 nitrogen and oxygen atoms in total. The molecule has 0 bridgehead atoms. The van der Waals surface area contributed by atoms with Crippen LogP contribution in [0.15, 0.2) is 78.9 Å². The molecule has 0 aliphatic rings. The minimum absolute atomic E-state index is 0.0901. The number of nitrogens with one attached hydrogen (secondary N) is 2.